The van der Waals surface area contributed by atoms with Gasteiger partial charge in [0, 0.05) is 17.5 Å². The number of nitrogens with zero attached hydrogens (tertiary/aromatic N) is 5. The summed E-state index contributed by atoms with van der Waals surface area (Å²) in [5, 5.41) is 12.4. The molecule has 1 aliphatic rings. The van der Waals surface area contributed by atoms with E-state index in [0.717, 1.165) is 34.5 Å². The average Bonchev–Trinajstić information content (AvgIpc) is 3.25. The topological polar surface area (TPSA) is 139 Å². The molecule has 0 unspecified atom stereocenters. The average molecular weight is 632 g/mol. The Kier molecular flexibility index (Phi) is 8.79. The summed E-state index contributed by atoms with van der Waals surface area (Å²) in [6.45, 7) is 8.89. The van der Waals surface area contributed by atoms with Gasteiger partial charge in [0.15, 0.2) is 9.96 Å². The van der Waals surface area contributed by atoms with E-state index in [4.69, 9.17) is 9.47 Å². The summed E-state index contributed by atoms with van der Waals surface area (Å²) < 4.78 is 12.6. The number of allylic oxidation sites excluding steroid dienone is 1. The summed E-state index contributed by atoms with van der Waals surface area (Å²) in [6.07, 6.45) is 1.22. The van der Waals surface area contributed by atoms with Crippen molar-refractivity contribution in [3.05, 3.63) is 112 Å². The van der Waals surface area contributed by atoms with Crippen LogP contribution in [0.25, 0.3) is 6.08 Å². The molecule has 0 saturated heterocycles. The van der Waals surface area contributed by atoms with Gasteiger partial charge in [-0.05, 0) is 87.8 Å². The molecule has 3 heterocycles. The molecule has 2 aromatic heterocycles. The van der Waals surface area contributed by atoms with E-state index >= 15 is 0 Å². The van der Waals surface area contributed by atoms with Crippen molar-refractivity contribution in [2.24, 2.45) is 4.99 Å². The van der Waals surface area contributed by atoms with Gasteiger partial charge in [0.2, 0.25) is 0 Å². The Morgan fingerprint density at radius 1 is 1.09 bits per heavy atom. The molecule has 0 aliphatic carbocycles. The number of aromatic nitrogens is 3. The Morgan fingerprint density at radius 2 is 1.77 bits per heavy atom. The van der Waals surface area contributed by atoms with Crippen LogP contribution < -0.4 is 19.6 Å². The smallest absolute Gasteiger partial charge is 0.338 e. The highest BCUT2D eigenvalue weighted by atomic mass is 32.2. The zero-order chi connectivity index (χ0) is 31.7. The standard InChI is InChI=1S/C31H29N5O6S2/c1-16(2)42-29(38)26-19(5)34-31-35(27(26)21-8-10-22(41-6)11-9-21)28(37)25(44-31)15-20-7-12-24(23(14-20)36(39)40)43-30-32-17(3)13-18(4)33-30/h7-16,27H,1-6H3/b25-15+/t27-/m0/s1. The van der Waals surface area contributed by atoms with Crippen molar-refractivity contribution < 1.29 is 19.2 Å². The van der Waals surface area contributed by atoms with E-state index in [1.54, 1.807) is 70.4 Å². The van der Waals surface area contributed by atoms with Crippen LogP contribution in [-0.2, 0) is 9.53 Å². The number of benzene rings is 2. The van der Waals surface area contributed by atoms with Gasteiger partial charge in [-0.2, -0.15) is 0 Å². The van der Waals surface area contributed by atoms with Gasteiger partial charge in [-0.3, -0.25) is 19.5 Å². The third-order valence-corrected chi connectivity index (χ3v) is 8.57. The van der Waals surface area contributed by atoms with Crippen molar-refractivity contribution in [3.8, 4) is 5.75 Å². The molecule has 44 heavy (non-hydrogen) atoms. The van der Waals surface area contributed by atoms with Gasteiger partial charge in [0.05, 0.1) is 44.9 Å². The van der Waals surface area contributed by atoms with Crippen molar-refractivity contribution in [1.82, 2.24) is 14.5 Å². The van der Waals surface area contributed by atoms with E-state index in [9.17, 15) is 19.7 Å². The van der Waals surface area contributed by atoms with Crippen LogP contribution >= 0.6 is 23.1 Å². The fourth-order valence-corrected chi connectivity index (χ4v) is 6.80. The predicted octanol–water partition coefficient (Wildman–Crippen LogP) is 4.66. The molecule has 0 fully saturated rings. The lowest BCUT2D eigenvalue weighted by atomic mass is 9.96. The third-order valence-electron chi connectivity index (χ3n) is 6.66. The number of ether oxygens (including phenoxy) is 2. The van der Waals surface area contributed by atoms with Crippen LogP contribution in [0.3, 0.4) is 0 Å². The highest BCUT2D eigenvalue weighted by Gasteiger charge is 2.34. The lowest BCUT2D eigenvalue weighted by Gasteiger charge is -2.25. The fourth-order valence-electron chi connectivity index (χ4n) is 4.80. The maximum Gasteiger partial charge on any atom is 0.338 e. The number of esters is 1. The molecule has 0 saturated carbocycles. The largest absolute Gasteiger partial charge is 0.497 e. The number of nitro benzene ring substituents is 1. The predicted molar refractivity (Wildman–Crippen MR) is 167 cm³/mol. The molecule has 0 radical (unpaired) electrons. The number of hydrogen-bond donors (Lipinski definition) is 0. The highest BCUT2D eigenvalue weighted by Crippen LogP contribution is 2.35. The van der Waals surface area contributed by atoms with Gasteiger partial charge in [-0.15, -0.1) is 0 Å². The number of carbonyl (C=O) groups excluding carboxylic acids is 1. The Balaban J connectivity index is 1.61. The van der Waals surface area contributed by atoms with Crippen LogP contribution in [0.1, 0.15) is 49.3 Å². The summed E-state index contributed by atoms with van der Waals surface area (Å²) in [7, 11) is 1.56. The summed E-state index contributed by atoms with van der Waals surface area (Å²) in [4.78, 5) is 52.9. The lowest BCUT2D eigenvalue weighted by Crippen LogP contribution is -2.40. The maximum absolute atomic E-state index is 13.9. The highest BCUT2D eigenvalue weighted by molar-refractivity contribution is 7.99. The van der Waals surface area contributed by atoms with E-state index in [1.807, 2.05) is 19.9 Å². The SMILES string of the molecule is COc1ccc([C@H]2C(C(=O)OC(C)C)=C(C)N=c3s/c(=C/c4ccc(Sc5nc(C)cc(C)n5)c([N+](=O)[O-])c4)c(=O)n32)cc1. The molecule has 0 N–H and O–H groups in total. The zero-order valence-electron chi connectivity index (χ0n) is 24.9. The third kappa shape index (κ3) is 6.33. The van der Waals surface area contributed by atoms with E-state index in [-0.39, 0.29) is 22.9 Å². The molecule has 0 bridgehead atoms. The van der Waals surface area contributed by atoms with E-state index < -0.39 is 16.9 Å². The van der Waals surface area contributed by atoms with Crippen molar-refractivity contribution in [1.29, 1.82) is 0 Å². The second-order valence-corrected chi connectivity index (χ2v) is 12.3. The maximum atomic E-state index is 13.9. The van der Waals surface area contributed by atoms with E-state index in [0.29, 0.717) is 42.0 Å². The van der Waals surface area contributed by atoms with Crippen LogP contribution in [0, 0.1) is 24.0 Å². The number of hydrogen-bond acceptors (Lipinski definition) is 11. The number of carbonyl (C=O) groups is 1. The molecule has 13 heteroatoms. The van der Waals surface area contributed by atoms with Gasteiger partial charge < -0.3 is 9.47 Å². The Labute approximate surface area is 260 Å². The number of fused-ring (bicyclic) bond motifs is 1. The van der Waals surface area contributed by atoms with Gasteiger partial charge in [0.25, 0.3) is 11.2 Å². The number of rotatable bonds is 8. The Bertz CT molecular complexity index is 1980. The molecule has 0 spiro atoms. The van der Waals surface area contributed by atoms with Gasteiger partial charge >= 0.3 is 5.97 Å². The minimum atomic E-state index is -0.795. The van der Waals surface area contributed by atoms with E-state index in [1.165, 1.54) is 10.6 Å². The Hall–Kier alpha value is -4.62. The first-order valence-electron chi connectivity index (χ1n) is 13.6. The Morgan fingerprint density at radius 3 is 2.39 bits per heavy atom. The fraction of sp³-hybridized carbons (Fsp3) is 0.258. The lowest BCUT2D eigenvalue weighted by molar-refractivity contribution is -0.387. The summed E-state index contributed by atoms with van der Waals surface area (Å²) in [5.74, 6) is 0.0633. The first-order valence-corrected chi connectivity index (χ1v) is 15.2. The van der Waals surface area contributed by atoms with Crippen molar-refractivity contribution >= 4 is 40.8 Å². The molecule has 1 aliphatic heterocycles. The van der Waals surface area contributed by atoms with Crippen molar-refractivity contribution in [3.63, 3.8) is 0 Å². The van der Waals surface area contributed by atoms with Gasteiger partial charge in [0.1, 0.15) is 5.75 Å². The van der Waals surface area contributed by atoms with Crippen LogP contribution in [0.4, 0.5) is 5.69 Å². The molecule has 1 atom stereocenters. The molecular weight excluding hydrogens is 603 g/mol. The summed E-state index contributed by atoms with van der Waals surface area (Å²) in [5.41, 5.74) is 2.84. The zero-order valence-corrected chi connectivity index (χ0v) is 26.5. The first-order chi connectivity index (χ1) is 20.9. The number of thiazole rings is 1. The quantitative estimate of drug-likeness (QED) is 0.118. The first kappa shape index (κ1) is 30.8. The normalized spacial score (nSPS) is 14.8. The minimum absolute atomic E-state index is 0.134. The number of methoxy groups -OCH3 is 1. The molecule has 11 nitrogen and oxygen atoms in total. The second kappa shape index (κ2) is 12.5. The van der Waals surface area contributed by atoms with E-state index in [2.05, 4.69) is 15.0 Å². The monoisotopic (exact) mass is 631 g/mol. The summed E-state index contributed by atoms with van der Waals surface area (Å²) in [6, 6.07) is 12.9. The van der Waals surface area contributed by atoms with Gasteiger partial charge in [-0.1, -0.05) is 29.5 Å². The van der Waals surface area contributed by atoms with Crippen LogP contribution in [0.2, 0.25) is 0 Å². The molecule has 0 amide bonds. The minimum Gasteiger partial charge on any atom is -0.497 e. The molecular formula is C31H29N5O6S2. The molecule has 2 aromatic carbocycles. The van der Waals surface area contributed by atoms with Crippen LogP contribution in [0.5, 0.6) is 5.75 Å². The van der Waals surface area contributed by atoms with Crippen molar-refractivity contribution in [2.45, 2.75) is 56.8 Å². The second-order valence-electron chi connectivity index (χ2n) is 10.3. The molecule has 4 aromatic rings. The van der Waals surface area contributed by atoms with Crippen LogP contribution in [-0.4, -0.2) is 38.6 Å². The molecule has 5 rings (SSSR count). The van der Waals surface area contributed by atoms with Crippen LogP contribution in [0.15, 0.2) is 79.6 Å². The number of aryl methyl sites for hydroxylation is 2. The molecule has 226 valence electrons. The number of nitro groups is 1. The van der Waals surface area contributed by atoms with Gasteiger partial charge in [-0.25, -0.2) is 19.8 Å². The van der Waals surface area contributed by atoms with Crippen molar-refractivity contribution in [2.75, 3.05) is 7.11 Å². The summed E-state index contributed by atoms with van der Waals surface area (Å²) >= 11 is 2.25.